The standard InChI is InChI=1S/C16H13N5OS2/c22-16(11-4-5-12-13(9-11)20-24-19-12)17-10-14(15-3-1-8-23-15)21-7-2-6-18-21/h1-9,14H,10H2,(H,17,22). The van der Waals surface area contributed by atoms with Gasteiger partial charge in [0.05, 0.1) is 11.7 Å². The van der Waals surface area contributed by atoms with Crippen LogP contribution in [-0.4, -0.2) is 31.0 Å². The molecule has 1 unspecified atom stereocenters. The second-order valence-electron chi connectivity index (χ2n) is 5.20. The number of nitrogens with zero attached hydrogens (tertiary/aromatic N) is 4. The fourth-order valence-corrected chi connectivity index (χ4v) is 3.82. The summed E-state index contributed by atoms with van der Waals surface area (Å²) in [7, 11) is 0. The zero-order valence-electron chi connectivity index (χ0n) is 12.5. The van der Waals surface area contributed by atoms with Crippen molar-refractivity contribution in [2.24, 2.45) is 0 Å². The molecule has 3 heterocycles. The molecule has 0 aliphatic heterocycles. The molecule has 1 N–H and O–H groups in total. The molecule has 3 aromatic heterocycles. The first kappa shape index (κ1) is 15.0. The molecule has 1 amide bonds. The molecule has 120 valence electrons. The number of fused-ring (bicyclic) bond motifs is 1. The van der Waals surface area contributed by atoms with E-state index in [0.29, 0.717) is 12.1 Å². The number of benzene rings is 1. The molecule has 0 fully saturated rings. The van der Waals surface area contributed by atoms with Gasteiger partial charge < -0.3 is 5.32 Å². The van der Waals surface area contributed by atoms with Crippen LogP contribution in [0.25, 0.3) is 11.0 Å². The first-order valence-corrected chi connectivity index (χ1v) is 8.95. The zero-order chi connectivity index (χ0) is 16.4. The van der Waals surface area contributed by atoms with Crippen LogP contribution in [0.2, 0.25) is 0 Å². The lowest BCUT2D eigenvalue weighted by molar-refractivity contribution is 0.0949. The summed E-state index contributed by atoms with van der Waals surface area (Å²) in [5, 5.41) is 9.33. The number of nitrogens with one attached hydrogen (secondary N) is 1. The molecule has 6 nitrogen and oxygen atoms in total. The Hall–Kier alpha value is -2.58. The summed E-state index contributed by atoms with van der Waals surface area (Å²) in [4.78, 5) is 13.6. The summed E-state index contributed by atoms with van der Waals surface area (Å²) in [5.74, 6) is -0.126. The van der Waals surface area contributed by atoms with Gasteiger partial charge in [0.15, 0.2) is 0 Å². The minimum Gasteiger partial charge on any atom is -0.350 e. The van der Waals surface area contributed by atoms with Crippen LogP contribution in [0.3, 0.4) is 0 Å². The van der Waals surface area contributed by atoms with Crippen molar-refractivity contribution >= 4 is 40.0 Å². The van der Waals surface area contributed by atoms with Crippen molar-refractivity contribution in [3.63, 3.8) is 0 Å². The number of thiophene rings is 1. The maximum atomic E-state index is 12.5. The lowest BCUT2D eigenvalue weighted by Crippen LogP contribution is -2.31. The van der Waals surface area contributed by atoms with Crippen LogP contribution in [0.15, 0.2) is 54.2 Å². The van der Waals surface area contributed by atoms with Gasteiger partial charge >= 0.3 is 0 Å². The monoisotopic (exact) mass is 355 g/mol. The number of carbonyl (C=O) groups is 1. The van der Waals surface area contributed by atoms with Gasteiger partial charge in [0.1, 0.15) is 17.1 Å². The number of rotatable bonds is 5. The van der Waals surface area contributed by atoms with Crippen molar-refractivity contribution in [3.8, 4) is 0 Å². The lowest BCUT2D eigenvalue weighted by atomic mass is 10.1. The van der Waals surface area contributed by atoms with Crippen LogP contribution >= 0.6 is 23.1 Å². The molecule has 0 saturated carbocycles. The van der Waals surface area contributed by atoms with Crippen molar-refractivity contribution < 1.29 is 4.79 Å². The normalized spacial score (nSPS) is 12.3. The van der Waals surface area contributed by atoms with E-state index in [4.69, 9.17) is 0 Å². The summed E-state index contributed by atoms with van der Waals surface area (Å²) < 4.78 is 10.2. The van der Waals surface area contributed by atoms with Crippen LogP contribution in [0.1, 0.15) is 21.3 Å². The van der Waals surface area contributed by atoms with Gasteiger partial charge in [-0.1, -0.05) is 6.07 Å². The Morgan fingerprint density at radius 1 is 1.21 bits per heavy atom. The van der Waals surface area contributed by atoms with E-state index < -0.39 is 0 Å². The molecule has 8 heteroatoms. The average Bonchev–Trinajstić information content (AvgIpc) is 3.36. The van der Waals surface area contributed by atoms with Crippen molar-refractivity contribution in [1.29, 1.82) is 0 Å². The van der Waals surface area contributed by atoms with E-state index in [9.17, 15) is 4.79 Å². The van der Waals surface area contributed by atoms with Gasteiger partial charge in [-0.05, 0) is 35.7 Å². The molecule has 24 heavy (non-hydrogen) atoms. The first-order valence-electron chi connectivity index (χ1n) is 7.34. The zero-order valence-corrected chi connectivity index (χ0v) is 14.1. The quantitative estimate of drug-likeness (QED) is 0.597. The topological polar surface area (TPSA) is 72.7 Å². The highest BCUT2D eigenvalue weighted by molar-refractivity contribution is 7.10. The van der Waals surface area contributed by atoms with Gasteiger partial charge in [-0.15, -0.1) is 11.3 Å². The largest absolute Gasteiger partial charge is 0.350 e. The molecule has 0 aliphatic carbocycles. The van der Waals surface area contributed by atoms with Gasteiger partial charge in [0, 0.05) is 29.4 Å². The highest BCUT2D eigenvalue weighted by Gasteiger charge is 2.17. The third kappa shape index (κ3) is 2.93. The summed E-state index contributed by atoms with van der Waals surface area (Å²) in [5.41, 5.74) is 2.14. The number of carbonyl (C=O) groups excluding carboxylic acids is 1. The summed E-state index contributed by atoms with van der Waals surface area (Å²) in [6.07, 6.45) is 3.65. The van der Waals surface area contributed by atoms with Gasteiger partial charge in [-0.25, -0.2) is 0 Å². The fourth-order valence-electron chi connectivity index (χ4n) is 2.49. The maximum Gasteiger partial charge on any atom is 0.251 e. The minimum absolute atomic E-state index is 0.0198. The smallest absolute Gasteiger partial charge is 0.251 e. The highest BCUT2D eigenvalue weighted by Crippen LogP contribution is 2.22. The molecule has 1 atom stereocenters. The first-order chi connectivity index (χ1) is 11.8. The Kier molecular flexibility index (Phi) is 4.06. The number of hydrogen-bond acceptors (Lipinski definition) is 6. The third-order valence-corrected chi connectivity index (χ3v) is 5.22. The fraction of sp³-hybridized carbons (Fsp3) is 0.125. The Morgan fingerprint density at radius 3 is 2.92 bits per heavy atom. The van der Waals surface area contributed by atoms with E-state index in [0.717, 1.165) is 27.6 Å². The minimum atomic E-state index is -0.126. The Balaban J connectivity index is 1.52. The number of hydrogen-bond donors (Lipinski definition) is 1. The molecule has 1 aromatic carbocycles. The van der Waals surface area contributed by atoms with Gasteiger partial charge in [-0.2, -0.15) is 13.8 Å². The Labute approximate surface area is 146 Å². The van der Waals surface area contributed by atoms with E-state index in [1.165, 1.54) is 0 Å². The van der Waals surface area contributed by atoms with E-state index in [2.05, 4.69) is 25.2 Å². The highest BCUT2D eigenvalue weighted by atomic mass is 32.1. The summed E-state index contributed by atoms with van der Waals surface area (Å²) in [6, 6.07) is 11.3. The summed E-state index contributed by atoms with van der Waals surface area (Å²) >= 11 is 2.80. The summed E-state index contributed by atoms with van der Waals surface area (Å²) in [6.45, 7) is 0.467. The second kappa shape index (κ2) is 6.50. The molecule has 4 rings (SSSR count). The number of amides is 1. The predicted octanol–water partition coefficient (Wildman–Crippen LogP) is 2.97. The molecule has 4 aromatic rings. The molecule has 0 radical (unpaired) electrons. The molecule has 0 bridgehead atoms. The molecule has 0 spiro atoms. The van der Waals surface area contributed by atoms with Crippen LogP contribution in [0, 0.1) is 0 Å². The van der Waals surface area contributed by atoms with Gasteiger partial charge in [-0.3, -0.25) is 9.48 Å². The van der Waals surface area contributed by atoms with Gasteiger partial charge in [0.25, 0.3) is 5.91 Å². The van der Waals surface area contributed by atoms with E-state index >= 15 is 0 Å². The van der Waals surface area contributed by atoms with E-state index in [1.807, 2.05) is 34.5 Å². The third-order valence-electron chi connectivity index (χ3n) is 3.69. The Morgan fingerprint density at radius 2 is 2.12 bits per heavy atom. The molecular weight excluding hydrogens is 342 g/mol. The maximum absolute atomic E-state index is 12.5. The van der Waals surface area contributed by atoms with Crippen LogP contribution in [0.4, 0.5) is 0 Å². The van der Waals surface area contributed by atoms with Gasteiger partial charge in [0.2, 0.25) is 0 Å². The van der Waals surface area contributed by atoms with Crippen LogP contribution < -0.4 is 5.32 Å². The molecular formula is C16H13N5OS2. The predicted molar refractivity (Wildman–Crippen MR) is 94.4 cm³/mol. The van der Waals surface area contributed by atoms with Crippen molar-refractivity contribution in [1.82, 2.24) is 23.8 Å². The van der Waals surface area contributed by atoms with Crippen molar-refractivity contribution in [2.75, 3.05) is 6.54 Å². The van der Waals surface area contributed by atoms with E-state index in [-0.39, 0.29) is 11.9 Å². The van der Waals surface area contributed by atoms with Crippen LogP contribution in [0.5, 0.6) is 0 Å². The number of aromatic nitrogens is 4. The lowest BCUT2D eigenvalue weighted by Gasteiger charge is -2.17. The molecule has 0 saturated heterocycles. The SMILES string of the molecule is O=C(NCC(c1cccs1)n1cccn1)c1ccc2nsnc2c1. The average molecular weight is 355 g/mol. The van der Waals surface area contributed by atoms with Crippen molar-refractivity contribution in [3.05, 3.63) is 64.6 Å². The van der Waals surface area contributed by atoms with E-state index in [1.54, 1.807) is 29.7 Å². The second-order valence-corrected chi connectivity index (χ2v) is 6.70. The Bertz CT molecular complexity index is 912. The van der Waals surface area contributed by atoms with Crippen molar-refractivity contribution in [2.45, 2.75) is 6.04 Å². The van der Waals surface area contributed by atoms with Crippen LogP contribution in [-0.2, 0) is 0 Å². The molecule has 0 aliphatic rings.